The summed E-state index contributed by atoms with van der Waals surface area (Å²) in [7, 11) is 0. The molecule has 6 heteroatoms. The molecule has 0 saturated carbocycles. The molecular formula is C18H29N3O3. The summed E-state index contributed by atoms with van der Waals surface area (Å²) in [5, 5.41) is 3.25. The summed E-state index contributed by atoms with van der Waals surface area (Å²) in [5.41, 5.74) is 1.36. The Morgan fingerprint density at radius 2 is 2.17 bits per heavy atom. The molecule has 6 nitrogen and oxygen atoms in total. The summed E-state index contributed by atoms with van der Waals surface area (Å²) < 4.78 is 4.77. The van der Waals surface area contributed by atoms with E-state index in [0.717, 1.165) is 25.2 Å². The van der Waals surface area contributed by atoms with Gasteiger partial charge in [-0.2, -0.15) is 0 Å². The predicted octanol–water partition coefficient (Wildman–Crippen LogP) is 2.64. The molecule has 1 amide bonds. The number of nitrogens with one attached hydrogen (secondary N) is 1. The minimum Gasteiger partial charge on any atom is -0.465 e. The zero-order valence-electron chi connectivity index (χ0n) is 15.0. The Morgan fingerprint density at radius 1 is 1.38 bits per heavy atom. The van der Waals surface area contributed by atoms with Gasteiger partial charge in [0.25, 0.3) is 0 Å². The molecule has 0 saturated heterocycles. The van der Waals surface area contributed by atoms with Crippen molar-refractivity contribution >= 4 is 17.7 Å². The largest absolute Gasteiger partial charge is 0.465 e. The molecule has 0 unspecified atom stereocenters. The Labute approximate surface area is 144 Å². The van der Waals surface area contributed by atoms with E-state index in [-0.39, 0.29) is 18.4 Å². The van der Waals surface area contributed by atoms with Crippen LogP contribution in [-0.2, 0) is 20.7 Å². The van der Waals surface area contributed by atoms with E-state index in [1.807, 2.05) is 19.2 Å². The van der Waals surface area contributed by atoms with Gasteiger partial charge in [0.2, 0.25) is 5.91 Å². The fourth-order valence-electron chi connectivity index (χ4n) is 2.34. The minimum absolute atomic E-state index is 0.0726. The van der Waals surface area contributed by atoms with Gasteiger partial charge in [0.05, 0.1) is 6.61 Å². The van der Waals surface area contributed by atoms with Crippen LogP contribution in [0.1, 0.15) is 45.6 Å². The number of esters is 1. The van der Waals surface area contributed by atoms with Gasteiger partial charge in [0.1, 0.15) is 12.4 Å². The number of hydrogen-bond donors (Lipinski definition) is 1. The Kier molecular flexibility index (Phi) is 9.49. The fraction of sp³-hybridized carbons (Fsp3) is 0.611. The first-order valence-electron chi connectivity index (χ1n) is 8.67. The van der Waals surface area contributed by atoms with Crippen LogP contribution in [0.2, 0.25) is 0 Å². The Morgan fingerprint density at radius 3 is 2.79 bits per heavy atom. The lowest BCUT2D eigenvalue weighted by atomic mass is 10.1. The van der Waals surface area contributed by atoms with Crippen molar-refractivity contribution in [2.45, 2.75) is 46.5 Å². The molecule has 2 rings (SSSR count). The number of aryl methyl sites for hydroxylation is 1. The van der Waals surface area contributed by atoms with Crippen molar-refractivity contribution < 1.29 is 14.3 Å². The van der Waals surface area contributed by atoms with Gasteiger partial charge in [-0.05, 0) is 37.8 Å². The fourth-order valence-corrected chi connectivity index (χ4v) is 2.34. The number of unbranched alkanes of at least 4 members (excludes halogenated alkanes) is 1. The molecule has 1 aliphatic rings. The first kappa shape index (κ1) is 19.9. The highest BCUT2D eigenvalue weighted by molar-refractivity contribution is 5.80. The number of anilines is 1. The Balaban J connectivity index is 0.000000250. The van der Waals surface area contributed by atoms with Gasteiger partial charge in [-0.3, -0.25) is 9.59 Å². The van der Waals surface area contributed by atoms with Crippen LogP contribution in [0.15, 0.2) is 18.3 Å². The van der Waals surface area contributed by atoms with E-state index in [4.69, 9.17) is 4.74 Å². The summed E-state index contributed by atoms with van der Waals surface area (Å²) in [6, 6.07) is 4.13. The lowest BCUT2D eigenvalue weighted by Gasteiger charge is -2.19. The molecule has 0 fully saturated rings. The predicted molar refractivity (Wildman–Crippen MR) is 94.8 cm³/mol. The summed E-state index contributed by atoms with van der Waals surface area (Å²) in [5.74, 6) is 0.666. The molecule has 24 heavy (non-hydrogen) atoms. The second-order valence-corrected chi connectivity index (χ2v) is 5.64. The summed E-state index contributed by atoms with van der Waals surface area (Å²) in [6.45, 7) is 7.40. The van der Waals surface area contributed by atoms with E-state index in [2.05, 4.69) is 16.4 Å². The summed E-state index contributed by atoms with van der Waals surface area (Å²) in [6.07, 6.45) is 6.16. The lowest BCUT2D eigenvalue weighted by molar-refractivity contribution is -0.148. The maximum atomic E-state index is 11.1. The molecule has 0 aromatic carbocycles. The standard InChI is InChI=1S/C10H19NO3.C8H10N2/c1-4-6-7-11(9(3)12)8-10(13)14-5-2;1-3-7-4-2-6-10-8(7)9-5-1/h4-8H2,1-3H3;1,3,5H,2,4,6H2,(H,9,10). The molecule has 1 aromatic rings. The van der Waals surface area contributed by atoms with Crippen LogP contribution in [0.4, 0.5) is 5.82 Å². The smallest absolute Gasteiger partial charge is 0.325 e. The minimum atomic E-state index is -0.334. The van der Waals surface area contributed by atoms with Gasteiger partial charge in [0, 0.05) is 26.2 Å². The van der Waals surface area contributed by atoms with E-state index in [1.165, 1.54) is 30.2 Å². The lowest BCUT2D eigenvalue weighted by Crippen LogP contribution is -2.35. The number of nitrogens with zero attached hydrogens (tertiary/aromatic N) is 2. The van der Waals surface area contributed by atoms with E-state index in [9.17, 15) is 9.59 Å². The third-order valence-corrected chi connectivity index (χ3v) is 3.66. The molecule has 1 N–H and O–H groups in total. The van der Waals surface area contributed by atoms with E-state index in [0.29, 0.717) is 13.2 Å². The van der Waals surface area contributed by atoms with Gasteiger partial charge in [-0.1, -0.05) is 19.4 Å². The summed E-state index contributed by atoms with van der Waals surface area (Å²) >= 11 is 0. The van der Waals surface area contributed by atoms with E-state index < -0.39 is 0 Å². The van der Waals surface area contributed by atoms with Crippen LogP contribution in [0.25, 0.3) is 0 Å². The SMILES string of the molecule is CCCCN(CC(=O)OCC)C(C)=O.c1cnc2c(c1)CCCN2. The van der Waals surface area contributed by atoms with Crippen LogP contribution in [0.3, 0.4) is 0 Å². The topological polar surface area (TPSA) is 71.5 Å². The van der Waals surface area contributed by atoms with E-state index >= 15 is 0 Å². The van der Waals surface area contributed by atoms with Crippen molar-refractivity contribution in [3.05, 3.63) is 23.9 Å². The Bertz CT molecular complexity index is 495. The van der Waals surface area contributed by atoms with Gasteiger partial charge >= 0.3 is 5.97 Å². The van der Waals surface area contributed by atoms with E-state index in [1.54, 1.807) is 6.92 Å². The van der Waals surface area contributed by atoms with Crippen molar-refractivity contribution in [1.29, 1.82) is 0 Å². The van der Waals surface area contributed by atoms with Gasteiger partial charge in [-0.15, -0.1) is 0 Å². The third kappa shape index (κ3) is 7.44. The van der Waals surface area contributed by atoms with Crippen LogP contribution < -0.4 is 5.32 Å². The first-order valence-corrected chi connectivity index (χ1v) is 8.67. The normalized spacial score (nSPS) is 12.1. The first-order chi connectivity index (χ1) is 11.6. The molecule has 0 aliphatic carbocycles. The number of fused-ring (bicyclic) bond motifs is 1. The van der Waals surface area contributed by atoms with Crippen LogP contribution in [-0.4, -0.2) is 48.0 Å². The molecule has 1 aromatic heterocycles. The number of carbonyl (C=O) groups excluding carboxylic acids is 2. The number of hydrogen-bond acceptors (Lipinski definition) is 5. The van der Waals surface area contributed by atoms with Gasteiger partial charge in [0.15, 0.2) is 0 Å². The molecule has 0 bridgehead atoms. The maximum Gasteiger partial charge on any atom is 0.325 e. The van der Waals surface area contributed by atoms with Crippen LogP contribution in [0, 0.1) is 0 Å². The average Bonchev–Trinajstić information content (AvgIpc) is 2.59. The highest BCUT2D eigenvalue weighted by atomic mass is 16.5. The highest BCUT2D eigenvalue weighted by Crippen LogP contribution is 2.17. The van der Waals surface area contributed by atoms with Crippen molar-refractivity contribution in [3.8, 4) is 0 Å². The number of amides is 1. The van der Waals surface area contributed by atoms with Crippen molar-refractivity contribution in [2.24, 2.45) is 0 Å². The number of aromatic nitrogens is 1. The number of ether oxygens (including phenoxy) is 1. The number of carbonyl (C=O) groups is 2. The maximum absolute atomic E-state index is 11.1. The molecule has 0 radical (unpaired) electrons. The second-order valence-electron chi connectivity index (χ2n) is 5.64. The van der Waals surface area contributed by atoms with Gasteiger partial charge in [-0.25, -0.2) is 4.98 Å². The van der Waals surface area contributed by atoms with Crippen molar-refractivity contribution in [1.82, 2.24) is 9.88 Å². The third-order valence-electron chi connectivity index (χ3n) is 3.66. The van der Waals surface area contributed by atoms with Crippen molar-refractivity contribution in [3.63, 3.8) is 0 Å². The summed E-state index contributed by atoms with van der Waals surface area (Å²) in [4.78, 5) is 27.9. The van der Waals surface area contributed by atoms with Crippen LogP contribution in [0.5, 0.6) is 0 Å². The van der Waals surface area contributed by atoms with Gasteiger partial charge < -0.3 is 15.0 Å². The number of pyridine rings is 1. The molecule has 0 atom stereocenters. The molecular weight excluding hydrogens is 306 g/mol. The molecule has 2 heterocycles. The van der Waals surface area contributed by atoms with Crippen LogP contribution >= 0.6 is 0 Å². The molecule has 0 spiro atoms. The number of rotatable bonds is 6. The zero-order chi connectivity index (χ0) is 17.8. The monoisotopic (exact) mass is 335 g/mol. The second kappa shape index (κ2) is 11.4. The highest BCUT2D eigenvalue weighted by Gasteiger charge is 2.13. The molecule has 1 aliphatic heterocycles. The Hall–Kier alpha value is -2.11. The zero-order valence-corrected chi connectivity index (χ0v) is 15.0. The quantitative estimate of drug-likeness (QED) is 0.809. The molecule has 134 valence electrons. The van der Waals surface area contributed by atoms with Crippen molar-refractivity contribution in [2.75, 3.05) is 31.6 Å². The average molecular weight is 335 g/mol.